The molecule has 2 aliphatic rings. The number of aliphatic hydroxyl groups is 1. The molecular weight excluding hydrogens is 228 g/mol. The molecule has 1 N–H and O–H groups in total. The molecule has 1 saturated heterocycles. The van der Waals surface area contributed by atoms with E-state index in [1.807, 2.05) is 11.8 Å². The van der Waals surface area contributed by atoms with Gasteiger partial charge in [-0.1, -0.05) is 30.7 Å². The molecule has 0 spiro atoms. The van der Waals surface area contributed by atoms with Gasteiger partial charge in [0.05, 0.1) is 6.10 Å². The fourth-order valence-corrected chi connectivity index (χ4v) is 4.43. The average molecular weight is 248 g/mol. The van der Waals surface area contributed by atoms with Crippen LogP contribution in [0, 0.1) is 0 Å². The molecular formula is C15H20OS. The standard InChI is InChI=1S/C15H20OS/c16-14(15-7-3-4-8-17-15)10-12-9-11-5-1-2-6-13(11)12/h1-2,5-6,12,14-16H,3-4,7-10H2. The van der Waals surface area contributed by atoms with Crippen molar-refractivity contribution in [2.24, 2.45) is 0 Å². The van der Waals surface area contributed by atoms with E-state index in [4.69, 9.17) is 0 Å². The molecule has 3 rings (SSSR count). The maximum Gasteiger partial charge on any atom is 0.0664 e. The summed E-state index contributed by atoms with van der Waals surface area (Å²) in [4.78, 5) is 0. The maximum absolute atomic E-state index is 10.3. The highest BCUT2D eigenvalue weighted by atomic mass is 32.2. The molecule has 1 aliphatic heterocycles. The van der Waals surface area contributed by atoms with Gasteiger partial charge in [0.15, 0.2) is 0 Å². The number of rotatable bonds is 3. The number of hydrogen-bond acceptors (Lipinski definition) is 2. The van der Waals surface area contributed by atoms with Crippen molar-refractivity contribution in [2.75, 3.05) is 5.75 Å². The topological polar surface area (TPSA) is 20.2 Å². The fourth-order valence-electron chi connectivity index (χ4n) is 3.09. The molecule has 1 nitrogen and oxygen atoms in total. The predicted molar refractivity (Wildman–Crippen MR) is 73.6 cm³/mol. The molecule has 17 heavy (non-hydrogen) atoms. The Morgan fingerprint density at radius 3 is 2.94 bits per heavy atom. The monoisotopic (exact) mass is 248 g/mol. The highest BCUT2D eigenvalue weighted by Crippen LogP contribution is 2.40. The van der Waals surface area contributed by atoms with Crippen LogP contribution in [0.5, 0.6) is 0 Å². The van der Waals surface area contributed by atoms with Crippen LogP contribution in [-0.2, 0) is 6.42 Å². The lowest BCUT2D eigenvalue weighted by molar-refractivity contribution is 0.143. The third-order valence-corrected chi connectivity index (χ3v) is 5.63. The highest BCUT2D eigenvalue weighted by molar-refractivity contribution is 8.00. The molecule has 3 atom stereocenters. The minimum atomic E-state index is -0.0985. The smallest absolute Gasteiger partial charge is 0.0664 e. The lowest BCUT2D eigenvalue weighted by atomic mass is 9.74. The first-order chi connectivity index (χ1) is 8.34. The van der Waals surface area contributed by atoms with E-state index in [9.17, 15) is 5.11 Å². The molecule has 0 amide bonds. The van der Waals surface area contributed by atoms with Crippen molar-refractivity contribution in [1.82, 2.24) is 0 Å². The molecule has 3 unspecified atom stereocenters. The molecule has 1 heterocycles. The Morgan fingerprint density at radius 2 is 2.18 bits per heavy atom. The first-order valence-corrected chi connectivity index (χ1v) is 7.77. The Bertz CT molecular complexity index is 384. The largest absolute Gasteiger partial charge is 0.392 e. The Hall–Kier alpha value is -0.470. The molecule has 92 valence electrons. The van der Waals surface area contributed by atoms with Crippen molar-refractivity contribution in [3.8, 4) is 0 Å². The maximum atomic E-state index is 10.3. The quantitative estimate of drug-likeness (QED) is 0.885. The summed E-state index contributed by atoms with van der Waals surface area (Å²) in [6.45, 7) is 0. The van der Waals surface area contributed by atoms with Gasteiger partial charge in [-0.05, 0) is 48.5 Å². The van der Waals surface area contributed by atoms with E-state index < -0.39 is 0 Å². The van der Waals surface area contributed by atoms with Crippen LogP contribution in [0.15, 0.2) is 24.3 Å². The third kappa shape index (κ3) is 2.38. The van der Waals surface area contributed by atoms with Gasteiger partial charge in [0.25, 0.3) is 0 Å². The summed E-state index contributed by atoms with van der Waals surface area (Å²) in [6, 6.07) is 8.67. The first-order valence-electron chi connectivity index (χ1n) is 6.72. The van der Waals surface area contributed by atoms with E-state index in [1.165, 1.54) is 42.6 Å². The SMILES string of the molecule is OC(CC1Cc2ccccc21)C1CCCCS1. The van der Waals surface area contributed by atoms with Crippen LogP contribution in [0.1, 0.15) is 42.7 Å². The van der Waals surface area contributed by atoms with Crippen LogP contribution >= 0.6 is 11.8 Å². The fraction of sp³-hybridized carbons (Fsp3) is 0.600. The van der Waals surface area contributed by atoms with Crippen LogP contribution in [0.25, 0.3) is 0 Å². The molecule has 0 bridgehead atoms. The zero-order valence-corrected chi connectivity index (χ0v) is 11.0. The van der Waals surface area contributed by atoms with Gasteiger partial charge in [-0.2, -0.15) is 11.8 Å². The van der Waals surface area contributed by atoms with Crippen LogP contribution in [0.4, 0.5) is 0 Å². The second kappa shape index (κ2) is 5.03. The average Bonchev–Trinajstić information content (AvgIpc) is 2.37. The Balaban J connectivity index is 1.58. The normalized spacial score (nSPS) is 29.2. The Labute approximate surface area is 108 Å². The Kier molecular flexibility index (Phi) is 3.44. The van der Waals surface area contributed by atoms with Gasteiger partial charge in [0.2, 0.25) is 0 Å². The van der Waals surface area contributed by atoms with E-state index in [0.717, 1.165) is 6.42 Å². The molecule has 2 heteroatoms. The van der Waals surface area contributed by atoms with E-state index in [-0.39, 0.29) is 6.10 Å². The zero-order valence-electron chi connectivity index (χ0n) is 10.1. The molecule has 0 saturated carbocycles. The van der Waals surface area contributed by atoms with Crippen molar-refractivity contribution in [1.29, 1.82) is 0 Å². The lowest BCUT2D eigenvalue weighted by Crippen LogP contribution is -2.30. The summed E-state index contributed by atoms with van der Waals surface area (Å²) in [6.07, 6.45) is 5.88. The van der Waals surface area contributed by atoms with Gasteiger partial charge >= 0.3 is 0 Å². The number of aliphatic hydroxyl groups excluding tert-OH is 1. The number of fused-ring (bicyclic) bond motifs is 1. The molecule has 1 fully saturated rings. The van der Waals surface area contributed by atoms with Crippen molar-refractivity contribution in [2.45, 2.75) is 49.4 Å². The number of benzene rings is 1. The summed E-state index contributed by atoms with van der Waals surface area (Å²) in [5, 5.41) is 10.8. The summed E-state index contributed by atoms with van der Waals surface area (Å²) < 4.78 is 0. The van der Waals surface area contributed by atoms with Crippen molar-refractivity contribution < 1.29 is 5.11 Å². The molecule has 1 aromatic rings. The van der Waals surface area contributed by atoms with Crippen LogP contribution < -0.4 is 0 Å². The first kappa shape index (κ1) is 11.6. The van der Waals surface area contributed by atoms with Gasteiger partial charge < -0.3 is 5.11 Å². The van der Waals surface area contributed by atoms with Crippen LogP contribution in [-0.4, -0.2) is 22.2 Å². The van der Waals surface area contributed by atoms with E-state index in [1.54, 1.807) is 0 Å². The summed E-state index contributed by atoms with van der Waals surface area (Å²) in [5.74, 6) is 1.85. The number of hydrogen-bond donors (Lipinski definition) is 1. The van der Waals surface area contributed by atoms with Gasteiger partial charge in [-0.3, -0.25) is 0 Å². The number of thioether (sulfide) groups is 1. The zero-order chi connectivity index (χ0) is 11.7. The predicted octanol–water partition coefficient (Wildman–Crippen LogP) is 3.36. The molecule has 0 aromatic heterocycles. The molecule has 1 aromatic carbocycles. The van der Waals surface area contributed by atoms with E-state index in [2.05, 4.69) is 24.3 Å². The van der Waals surface area contributed by atoms with Crippen LogP contribution in [0.3, 0.4) is 0 Å². The minimum Gasteiger partial charge on any atom is -0.392 e. The summed E-state index contributed by atoms with van der Waals surface area (Å²) in [5.41, 5.74) is 2.97. The van der Waals surface area contributed by atoms with Crippen LogP contribution in [0.2, 0.25) is 0 Å². The highest BCUT2D eigenvalue weighted by Gasteiger charge is 2.31. The molecule has 1 aliphatic carbocycles. The van der Waals surface area contributed by atoms with Gasteiger partial charge in [0.1, 0.15) is 0 Å². The van der Waals surface area contributed by atoms with Crippen molar-refractivity contribution in [3.63, 3.8) is 0 Å². The summed E-state index contributed by atoms with van der Waals surface area (Å²) >= 11 is 1.98. The van der Waals surface area contributed by atoms with Gasteiger partial charge in [-0.25, -0.2) is 0 Å². The second-order valence-electron chi connectivity index (χ2n) is 5.31. The van der Waals surface area contributed by atoms with Gasteiger partial charge in [0, 0.05) is 5.25 Å². The lowest BCUT2D eigenvalue weighted by Gasteiger charge is -2.34. The van der Waals surface area contributed by atoms with E-state index in [0.29, 0.717) is 11.2 Å². The van der Waals surface area contributed by atoms with Crippen molar-refractivity contribution >= 4 is 11.8 Å². The van der Waals surface area contributed by atoms with Crippen molar-refractivity contribution in [3.05, 3.63) is 35.4 Å². The Morgan fingerprint density at radius 1 is 1.29 bits per heavy atom. The van der Waals surface area contributed by atoms with E-state index >= 15 is 0 Å². The summed E-state index contributed by atoms with van der Waals surface area (Å²) in [7, 11) is 0. The molecule has 0 radical (unpaired) electrons. The second-order valence-corrected chi connectivity index (χ2v) is 6.66. The third-order valence-electron chi connectivity index (χ3n) is 4.13. The van der Waals surface area contributed by atoms with Gasteiger partial charge in [-0.15, -0.1) is 0 Å². The minimum absolute atomic E-state index is 0.0985.